The maximum absolute atomic E-state index is 13.9. The predicted octanol–water partition coefficient (Wildman–Crippen LogP) is 4.98. The van der Waals surface area contributed by atoms with Gasteiger partial charge in [0.05, 0.1) is 11.0 Å². The van der Waals surface area contributed by atoms with Crippen LogP contribution in [0.5, 0.6) is 0 Å². The van der Waals surface area contributed by atoms with Crippen molar-refractivity contribution < 1.29 is 9.31 Å². The molecule has 0 aliphatic heterocycles. The monoisotopic (exact) mass is 352 g/mol. The molecular formula is C15H14BrFN2O2. The standard InChI is InChI=1S/C15H14BrFN2O2/c1-9-3-6-15(19(20)21)14(7-9)18-10(2)12-8-11(16)4-5-13(12)17/h3-8,10,18H,1-2H3. The molecule has 0 spiro atoms. The van der Waals surface area contributed by atoms with Gasteiger partial charge in [-0.2, -0.15) is 0 Å². The van der Waals surface area contributed by atoms with Crippen LogP contribution in [0.2, 0.25) is 0 Å². The molecule has 0 amide bonds. The Morgan fingerprint density at radius 1 is 1.29 bits per heavy atom. The van der Waals surface area contributed by atoms with E-state index in [9.17, 15) is 14.5 Å². The van der Waals surface area contributed by atoms with Crippen LogP contribution in [-0.2, 0) is 0 Å². The maximum Gasteiger partial charge on any atom is 0.292 e. The van der Waals surface area contributed by atoms with Gasteiger partial charge in [0.1, 0.15) is 11.5 Å². The molecule has 0 aliphatic rings. The fourth-order valence-corrected chi connectivity index (χ4v) is 2.46. The largest absolute Gasteiger partial charge is 0.373 e. The fourth-order valence-electron chi connectivity index (χ4n) is 2.08. The van der Waals surface area contributed by atoms with Crippen LogP contribution < -0.4 is 5.32 Å². The minimum absolute atomic E-state index is 0.0251. The van der Waals surface area contributed by atoms with Crippen LogP contribution in [0.1, 0.15) is 24.1 Å². The minimum Gasteiger partial charge on any atom is -0.373 e. The van der Waals surface area contributed by atoms with Gasteiger partial charge >= 0.3 is 0 Å². The lowest BCUT2D eigenvalue weighted by molar-refractivity contribution is -0.384. The van der Waals surface area contributed by atoms with E-state index < -0.39 is 11.0 Å². The van der Waals surface area contributed by atoms with Gasteiger partial charge in [-0.25, -0.2) is 4.39 Å². The van der Waals surface area contributed by atoms with Crippen LogP contribution in [0.4, 0.5) is 15.8 Å². The van der Waals surface area contributed by atoms with Crippen LogP contribution in [0.3, 0.4) is 0 Å². The van der Waals surface area contributed by atoms with Crippen LogP contribution in [0, 0.1) is 22.9 Å². The van der Waals surface area contributed by atoms with Gasteiger partial charge in [0, 0.05) is 16.1 Å². The van der Waals surface area contributed by atoms with Crippen LogP contribution in [0.15, 0.2) is 40.9 Å². The van der Waals surface area contributed by atoms with E-state index in [2.05, 4.69) is 21.2 Å². The first-order valence-electron chi connectivity index (χ1n) is 6.35. The highest BCUT2D eigenvalue weighted by Gasteiger charge is 2.18. The topological polar surface area (TPSA) is 55.2 Å². The highest BCUT2D eigenvalue weighted by atomic mass is 79.9. The number of anilines is 1. The molecule has 1 unspecified atom stereocenters. The molecule has 0 aromatic heterocycles. The average Bonchev–Trinajstić information content (AvgIpc) is 2.41. The third kappa shape index (κ3) is 3.58. The lowest BCUT2D eigenvalue weighted by Crippen LogP contribution is -2.10. The molecule has 0 saturated carbocycles. The quantitative estimate of drug-likeness (QED) is 0.623. The van der Waals surface area contributed by atoms with Crippen molar-refractivity contribution in [3.63, 3.8) is 0 Å². The lowest BCUT2D eigenvalue weighted by atomic mass is 10.1. The summed E-state index contributed by atoms with van der Waals surface area (Å²) in [6.07, 6.45) is 0. The van der Waals surface area contributed by atoms with Gasteiger partial charge in [-0.3, -0.25) is 10.1 Å². The van der Waals surface area contributed by atoms with Crippen molar-refractivity contribution in [3.05, 3.63) is 67.9 Å². The van der Waals surface area contributed by atoms with E-state index in [1.54, 1.807) is 31.2 Å². The Labute approximate surface area is 130 Å². The summed E-state index contributed by atoms with van der Waals surface area (Å²) in [6.45, 7) is 3.61. The second kappa shape index (κ2) is 6.22. The molecule has 2 aromatic carbocycles. The summed E-state index contributed by atoms with van der Waals surface area (Å²) in [5.41, 5.74) is 1.69. The summed E-state index contributed by atoms with van der Waals surface area (Å²) in [4.78, 5) is 10.6. The average molecular weight is 353 g/mol. The van der Waals surface area contributed by atoms with Crippen molar-refractivity contribution in [2.45, 2.75) is 19.9 Å². The number of halogens is 2. The summed E-state index contributed by atoms with van der Waals surface area (Å²) in [5, 5.41) is 14.1. The van der Waals surface area contributed by atoms with E-state index in [0.717, 1.165) is 10.0 Å². The van der Waals surface area contributed by atoms with Gasteiger partial charge in [0.15, 0.2) is 0 Å². The molecular weight excluding hydrogens is 339 g/mol. The molecule has 1 N–H and O–H groups in total. The fraction of sp³-hybridized carbons (Fsp3) is 0.200. The molecule has 0 radical (unpaired) electrons. The molecule has 110 valence electrons. The third-order valence-corrected chi connectivity index (χ3v) is 3.64. The number of benzene rings is 2. The van der Waals surface area contributed by atoms with Crippen LogP contribution in [-0.4, -0.2) is 4.92 Å². The number of nitrogens with one attached hydrogen (secondary N) is 1. The van der Waals surface area contributed by atoms with E-state index in [4.69, 9.17) is 0 Å². The zero-order valence-corrected chi connectivity index (χ0v) is 13.1. The van der Waals surface area contributed by atoms with Gasteiger partial charge in [-0.15, -0.1) is 0 Å². The molecule has 0 heterocycles. The number of nitro benzene ring substituents is 1. The number of nitrogens with zero attached hydrogens (tertiary/aromatic N) is 1. The van der Waals surface area contributed by atoms with Crippen molar-refractivity contribution >= 4 is 27.3 Å². The summed E-state index contributed by atoms with van der Waals surface area (Å²) < 4.78 is 14.6. The highest BCUT2D eigenvalue weighted by molar-refractivity contribution is 9.10. The second-order valence-electron chi connectivity index (χ2n) is 4.81. The minimum atomic E-state index is -0.453. The molecule has 21 heavy (non-hydrogen) atoms. The predicted molar refractivity (Wildman–Crippen MR) is 84.0 cm³/mol. The van der Waals surface area contributed by atoms with Gasteiger partial charge in [0.25, 0.3) is 5.69 Å². The summed E-state index contributed by atoms with van der Waals surface area (Å²) >= 11 is 3.30. The number of hydrogen-bond acceptors (Lipinski definition) is 3. The first-order chi connectivity index (χ1) is 9.88. The molecule has 0 aliphatic carbocycles. The first-order valence-corrected chi connectivity index (χ1v) is 7.14. The summed E-state index contributed by atoms with van der Waals surface area (Å²) in [5.74, 6) is -0.353. The molecule has 0 saturated heterocycles. The smallest absolute Gasteiger partial charge is 0.292 e. The molecule has 2 rings (SSSR count). The van der Waals surface area contributed by atoms with E-state index in [1.807, 2.05) is 6.92 Å². The number of nitro groups is 1. The molecule has 2 aromatic rings. The Morgan fingerprint density at radius 2 is 2.00 bits per heavy atom. The van der Waals surface area contributed by atoms with Crippen molar-refractivity contribution in [2.75, 3.05) is 5.32 Å². The number of aryl methyl sites for hydroxylation is 1. The first kappa shape index (κ1) is 15.4. The third-order valence-electron chi connectivity index (χ3n) is 3.15. The maximum atomic E-state index is 13.9. The van der Waals surface area contributed by atoms with E-state index in [0.29, 0.717) is 11.3 Å². The van der Waals surface area contributed by atoms with E-state index in [-0.39, 0.29) is 11.5 Å². The molecule has 1 atom stereocenters. The van der Waals surface area contributed by atoms with Gasteiger partial charge < -0.3 is 5.32 Å². The van der Waals surface area contributed by atoms with Crippen molar-refractivity contribution in [3.8, 4) is 0 Å². The Morgan fingerprint density at radius 3 is 2.67 bits per heavy atom. The lowest BCUT2D eigenvalue weighted by Gasteiger charge is -2.17. The highest BCUT2D eigenvalue weighted by Crippen LogP contribution is 2.30. The van der Waals surface area contributed by atoms with Crippen molar-refractivity contribution in [1.29, 1.82) is 0 Å². The molecule has 6 heteroatoms. The van der Waals surface area contributed by atoms with Crippen LogP contribution >= 0.6 is 15.9 Å². The summed E-state index contributed by atoms with van der Waals surface area (Å²) in [6, 6.07) is 9.04. The zero-order valence-electron chi connectivity index (χ0n) is 11.6. The Hall–Kier alpha value is -1.95. The van der Waals surface area contributed by atoms with E-state index in [1.165, 1.54) is 12.1 Å². The van der Waals surface area contributed by atoms with Crippen LogP contribution in [0.25, 0.3) is 0 Å². The molecule has 0 fully saturated rings. The Kier molecular flexibility index (Phi) is 4.57. The normalized spacial score (nSPS) is 12.0. The van der Waals surface area contributed by atoms with Gasteiger partial charge in [-0.1, -0.05) is 22.0 Å². The van der Waals surface area contributed by atoms with Gasteiger partial charge in [0.2, 0.25) is 0 Å². The van der Waals surface area contributed by atoms with Gasteiger partial charge in [-0.05, 0) is 43.7 Å². The molecule has 0 bridgehead atoms. The van der Waals surface area contributed by atoms with Crippen molar-refractivity contribution in [2.24, 2.45) is 0 Å². The van der Waals surface area contributed by atoms with Crippen molar-refractivity contribution in [1.82, 2.24) is 0 Å². The number of hydrogen-bond donors (Lipinski definition) is 1. The summed E-state index contributed by atoms with van der Waals surface area (Å²) in [7, 11) is 0. The SMILES string of the molecule is Cc1ccc([N+](=O)[O-])c(NC(C)c2cc(Br)ccc2F)c1. The Bertz CT molecular complexity index is 691. The zero-order chi connectivity index (χ0) is 15.6. The number of rotatable bonds is 4. The second-order valence-corrected chi connectivity index (χ2v) is 5.73. The Balaban J connectivity index is 2.35. The van der Waals surface area contributed by atoms with E-state index >= 15 is 0 Å². The molecule has 4 nitrogen and oxygen atoms in total.